The molecule has 1 aromatic heterocycles. The molecule has 0 amide bonds. The molecule has 4 rings (SSSR count). The van der Waals surface area contributed by atoms with Gasteiger partial charge in [-0.15, -0.1) is 0 Å². The minimum absolute atomic E-state index is 0.203. The second-order valence-corrected chi connectivity index (χ2v) is 7.75. The minimum Gasteiger partial charge on any atom is -0.493 e. The van der Waals surface area contributed by atoms with E-state index in [1.54, 1.807) is 36.4 Å². The molecular formula is C24H19BrO8. The van der Waals surface area contributed by atoms with E-state index >= 15 is 0 Å². The van der Waals surface area contributed by atoms with Gasteiger partial charge in [-0.2, -0.15) is 0 Å². The van der Waals surface area contributed by atoms with E-state index in [1.165, 1.54) is 33.5 Å². The smallest absolute Gasteiger partial charge is 0.349 e. The third-order valence-electron chi connectivity index (χ3n) is 4.88. The molecule has 4 aromatic rings. The van der Waals surface area contributed by atoms with Crippen molar-refractivity contribution >= 4 is 43.6 Å². The first-order chi connectivity index (χ1) is 15.9. The topological polar surface area (TPSA) is 93.4 Å². The number of carbonyl (C=O) groups excluding carboxylic acids is 1. The van der Waals surface area contributed by atoms with E-state index in [4.69, 9.17) is 28.1 Å². The number of benzene rings is 3. The van der Waals surface area contributed by atoms with Gasteiger partial charge in [0.15, 0.2) is 18.1 Å². The van der Waals surface area contributed by atoms with E-state index < -0.39 is 11.6 Å². The first-order valence-corrected chi connectivity index (χ1v) is 10.5. The average molecular weight is 515 g/mol. The summed E-state index contributed by atoms with van der Waals surface area (Å²) in [5.41, 5.74) is -0.379. The predicted molar refractivity (Wildman–Crippen MR) is 125 cm³/mol. The number of carbonyl (C=O) groups is 1. The third kappa shape index (κ3) is 4.45. The fourth-order valence-electron chi connectivity index (χ4n) is 3.43. The Hall–Kier alpha value is -3.72. The molecule has 33 heavy (non-hydrogen) atoms. The first kappa shape index (κ1) is 22.5. The molecule has 3 aromatic carbocycles. The van der Waals surface area contributed by atoms with Gasteiger partial charge < -0.3 is 28.1 Å². The van der Waals surface area contributed by atoms with Gasteiger partial charge in [-0.05, 0) is 42.5 Å². The summed E-state index contributed by atoms with van der Waals surface area (Å²) in [6.45, 7) is -0.286. The lowest BCUT2D eigenvalue weighted by molar-refractivity contribution is -0.136. The molecule has 0 atom stereocenters. The van der Waals surface area contributed by atoms with Crippen LogP contribution in [-0.2, 0) is 4.79 Å². The highest BCUT2D eigenvalue weighted by Gasteiger charge is 2.21. The Morgan fingerprint density at radius 2 is 1.58 bits per heavy atom. The van der Waals surface area contributed by atoms with E-state index in [2.05, 4.69) is 15.9 Å². The van der Waals surface area contributed by atoms with Crippen molar-refractivity contribution in [1.29, 1.82) is 0 Å². The number of methoxy groups -OCH3 is 3. The Morgan fingerprint density at radius 1 is 0.879 bits per heavy atom. The fourth-order valence-corrected chi connectivity index (χ4v) is 3.69. The van der Waals surface area contributed by atoms with Gasteiger partial charge in [0.05, 0.1) is 26.7 Å². The van der Waals surface area contributed by atoms with E-state index in [-0.39, 0.29) is 23.3 Å². The maximum absolute atomic E-state index is 12.7. The number of ether oxygens (including phenoxy) is 5. The molecule has 170 valence electrons. The van der Waals surface area contributed by atoms with Gasteiger partial charge in [0.1, 0.15) is 17.1 Å². The number of esters is 1. The van der Waals surface area contributed by atoms with Crippen LogP contribution in [0.5, 0.6) is 28.7 Å². The zero-order valence-corrected chi connectivity index (χ0v) is 19.6. The molecule has 0 N–H and O–H groups in total. The minimum atomic E-state index is -0.607. The van der Waals surface area contributed by atoms with Crippen LogP contribution >= 0.6 is 15.9 Å². The van der Waals surface area contributed by atoms with Gasteiger partial charge in [0, 0.05) is 21.3 Å². The summed E-state index contributed by atoms with van der Waals surface area (Å²) >= 11 is 3.33. The molecule has 8 nitrogen and oxygen atoms in total. The van der Waals surface area contributed by atoms with Crippen molar-refractivity contribution in [2.24, 2.45) is 0 Å². The Morgan fingerprint density at radius 3 is 2.24 bits per heavy atom. The van der Waals surface area contributed by atoms with E-state index in [1.807, 2.05) is 0 Å². The normalized spacial score (nSPS) is 10.8. The SMILES string of the molecule is COc1cc2c(=O)oc3cc(OC(=O)COc4ccc(Br)cc4)ccc3c2c(OC)c1OC. The monoisotopic (exact) mass is 514 g/mol. The lowest BCUT2D eigenvalue weighted by Crippen LogP contribution is -2.17. The molecule has 0 fully saturated rings. The number of rotatable bonds is 7. The molecule has 0 spiro atoms. The number of fused-ring (bicyclic) bond motifs is 3. The molecule has 0 aliphatic heterocycles. The van der Waals surface area contributed by atoms with Crippen molar-refractivity contribution in [3.05, 3.63) is 63.4 Å². The van der Waals surface area contributed by atoms with Gasteiger partial charge in [-0.3, -0.25) is 0 Å². The number of halogens is 1. The molecule has 0 saturated heterocycles. The van der Waals surface area contributed by atoms with Crippen LogP contribution in [0.2, 0.25) is 0 Å². The van der Waals surface area contributed by atoms with Gasteiger partial charge in [-0.1, -0.05) is 15.9 Å². The van der Waals surface area contributed by atoms with Crippen LogP contribution in [0.1, 0.15) is 0 Å². The predicted octanol–water partition coefficient (Wildman–Crippen LogP) is 4.72. The summed E-state index contributed by atoms with van der Waals surface area (Å²) in [4.78, 5) is 24.9. The van der Waals surface area contributed by atoms with E-state index in [0.29, 0.717) is 33.8 Å². The molecule has 0 unspecified atom stereocenters. The van der Waals surface area contributed by atoms with E-state index in [0.717, 1.165) is 4.47 Å². The van der Waals surface area contributed by atoms with Crippen molar-refractivity contribution < 1.29 is 32.9 Å². The lowest BCUT2D eigenvalue weighted by atomic mass is 10.0. The van der Waals surface area contributed by atoms with Crippen LogP contribution < -0.4 is 29.3 Å². The highest BCUT2D eigenvalue weighted by atomic mass is 79.9. The Labute approximate surface area is 196 Å². The Balaban J connectivity index is 1.67. The molecule has 0 aliphatic carbocycles. The molecule has 1 heterocycles. The number of hydrogen-bond donors (Lipinski definition) is 0. The highest BCUT2D eigenvalue weighted by molar-refractivity contribution is 9.10. The van der Waals surface area contributed by atoms with Gasteiger partial charge in [0.2, 0.25) is 5.75 Å². The zero-order valence-electron chi connectivity index (χ0n) is 18.0. The Bertz CT molecular complexity index is 1390. The van der Waals surface area contributed by atoms with Crippen molar-refractivity contribution in [3.8, 4) is 28.7 Å². The molecule has 0 radical (unpaired) electrons. The van der Waals surface area contributed by atoms with Crippen LogP contribution in [0.15, 0.2) is 62.2 Å². The molecule has 0 aliphatic rings. The first-order valence-electron chi connectivity index (χ1n) is 9.73. The van der Waals surface area contributed by atoms with Crippen molar-refractivity contribution in [2.45, 2.75) is 0 Å². The van der Waals surface area contributed by atoms with Crippen LogP contribution in [0, 0.1) is 0 Å². The maximum atomic E-state index is 12.7. The standard InChI is InChI=1S/C24H19BrO8/c1-28-19-11-17-21(23(30-3)22(19)29-2)16-9-8-15(10-18(16)33-24(17)27)32-20(26)12-31-14-6-4-13(25)5-7-14/h4-11H,12H2,1-3H3. The average Bonchev–Trinajstić information content (AvgIpc) is 2.82. The largest absolute Gasteiger partial charge is 0.493 e. The molecule has 9 heteroatoms. The summed E-state index contributed by atoms with van der Waals surface area (Å²) in [7, 11) is 4.42. The van der Waals surface area contributed by atoms with Crippen LogP contribution in [0.4, 0.5) is 0 Å². The molecule has 0 saturated carbocycles. The second-order valence-electron chi connectivity index (χ2n) is 6.83. The summed E-state index contributed by atoms with van der Waals surface area (Å²) in [6.07, 6.45) is 0. The zero-order chi connectivity index (χ0) is 23.5. The summed E-state index contributed by atoms with van der Waals surface area (Å²) < 4.78 is 33.4. The van der Waals surface area contributed by atoms with Crippen LogP contribution in [0.25, 0.3) is 21.7 Å². The van der Waals surface area contributed by atoms with Crippen molar-refractivity contribution in [2.75, 3.05) is 27.9 Å². The highest BCUT2D eigenvalue weighted by Crippen LogP contribution is 2.45. The van der Waals surface area contributed by atoms with Crippen molar-refractivity contribution in [3.63, 3.8) is 0 Å². The quantitative estimate of drug-likeness (QED) is 0.151. The maximum Gasteiger partial charge on any atom is 0.349 e. The lowest BCUT2D eigenvalue weighted by Gasteiger charge is -2.15. The van der Waals surface area contributed by atoms with Gasteiger partial charge >= 0.3 is 11.6 Å². The number of hydrogen-bond acceptors (Lipinski definition) is 8. The molecule has 0 bridgehead atoms. The Kier molecular flexibility index (Phi) is 6.41. The summed E-state index contributed by atoms with van der Waals surface area (Å²) in [5.74, 6) is 1.14. The second kappa shape index (κ2) is 9.41. The summed E-state index contributed by atoms with van der Waals surface area (Å²) in [5, 5.41) is 1.34. The van der Waals surface area contributed by atoms with E-state index in [9.17, 15) is 9.59 Å². The van der Waals surface area contributed by atoms with Crippen molar-refractivity contribution in [1.82, 2.24) is 0 Å². The third-order valence-corrected chi connectivity index (χ3v) is 5.41. The summed E-state index contributed by atoms with van der Waals surface area (Å²) in [6, 6.07) is 13.3. The fraction of sp³-hybridized carbons (Fsp3) is 0.167. The molecular weight excluding hydrogens is 496 g/mol. The van der Waals surface area contributed by atoms with Crippen LogP contribution in [-0.4, -0.2) is 33.9 Å². The van der Waals surface area contributed by atoms with Gasteiger partial charge in [0.25, 0.3) is 0 Å². The van der Waals surface area contributed by atoms with Gasteiger partial charge in [-0.25, -0.2) is 9.59 Å². The van der Waals surface area contributed by atoms with Crippen LogP contribution in [0.3, 0.4) is 0 Å².